The van der Waals surface area contributed by atoms with E-state index in [-0.39, 0.29) is 18.3 Å². The number of nitrogens with one attached hydrogen (secondary N) is 1. The Morgan fingerprint density at radius 2 is 1.75 bits per heavy atom. The predicted octanol–water partition coefficient (Wildman–Crippen LogP) is 0.429. The molecule has 0 aliphatic rings. The summed E-state index contributed by atoms with van der Waals surface area (Å²) in [6.45, 7) is 7.73. The summed E-state index contributed by atoms with van der Waals surface area (Å²) in [5, 5.41) is 3.14. The number of rotatable bonds is 6. The lowest BCUT2D eigenvalue weighted by Gasteiger charge is -2.30. The van der Waals surface area contributed by atoms with E-state index in [1.807, 2.05) is 13.8 Å². The van der Waals surface area contributed by atoms with Crippen LogP contribution < -0.4 is 11.1 Å². The van der Waals surface area contributed by atoms with Gasteiger partial charge in [0, 0.05) is 18.5 Å². The van der Waals surface area contributed by atoms with Crippen LogP contribution in [0, 0.1) is 5.41 Å². The molecular weight excluding hydrogens is 208 g/mol. The molecule has 3 N–H and O–H groups in total. The topological polar surface area (TPSA) is 81.4 Å². The molecule has 94 valence electrons. The highest BCUT2D eigenvalue weighted by Crippen LogP contribution is 2.18. The zero-order valence-corrected chi connectivity index (χ0v) is 10.7. The van der Waals surface area contributed by atoms with E-state index in [1.54, 1.807) is 13.8 Å². The van der Waals surface area contributed by atoms with Crippen LogP contribution in [0.2, 0.25) is 0 Å². The van der Waals surface area contributed by atoms with Gasteiger partial charge in [0.1, 0.15) is 0 Å². The number of nitrogens with two attached hydrogens (primary N) is 1. The quantitative estimate of drug-likeness (QED) is 0.648. The van der Waals surface area contributed by atoms with Gasteiger partial charge < -0.3 is 15.8 Å². The molecule has 0 radical (unpaired) electrons. The summed E-state index contributed by atoms with van der Waals surface area (Å²) >= 11 is 0. The van der Waals surface area contributed by atoms with E-state index in [2.05, 4.69) is 5.32 Å². The van der Waals surface area contributed by atoms with Gasteiger partial charge in [0.15, 0.2) is 0 Å². The molecule has 0 bridgehead atoms. The van der Waals surface area contributed by atoms with E-state index >= 15 is 0 Å². The van der Waals surface area contributed by atoms with Crippen LogP contribution in [0.15, 0.2) is 0 Å². The van der Waals surface area contributed by atoms with Crippen LogP contribution in [0.5, 0.6) is 0 Å². The Balaban J connectivity index is 4.33. The molecule has 0 fully saturated rings. The van der Waals surface area contributed by atoms with Gasteiger partial charge in [-0.05, 0) is 27.7 Å². The van der Waals surface area contributed by atoms with Crippen LogP contribution in [0.1, 0.15) is 34.1 Å². The van der Waals surface area contributed by atoms with Gasteiger partial charge in [-0.2, -0.15) is 0 Å². The Hall–Kier alpha value is -1.10. The van der Waals surface area contributed by atoms with Crippen LogP contribution in [0.4, 0.5) is 0 Å². The Labute approximate surface area is 96.7 Å². The molecule has 0 aromatic rings. The highest BCUT2D eigenvalue weighted by atomic mass is 16.5. The molecule has 0 aromatic carbocycles. The third-order valence-electron chi connectivity index (χ3n) is 2.36. The van der Waals surface area contributed by atoms with Gasteiger partial charge in [-0.3, -0.25) is 9.59 Å². The van der Waals surface area contributed by atoms with Crippen LogP contribution in [0.25, 0.3) is 0 Å². The predicted molar refractivity (Wildman–Crippen MR) is 61.7 cm³/mol. The van der Waals surface area contributed by atoms with E-state index in [0.717, 1.165) is 0 Å². The summed E-state index contributed by atoms with van der Waals surface area (Å²) in [5.74, 6) is -0.650. The van der Waals surface area contributed by atoms with Gasteiger partial charge in [0.05, 0.1) is 12.5 Å². The third-order valence-corrected chi connectivity index (χ3v) is 2.36. The summed E-state index contributed by atoms with van der Waals surface area (Å²) in [4.78, 5) is 22.2. The van der Waals surface area contributed by atoms with Crippen LogP contribution >= 0.6 is 0 Å². The van der Waals surface area contributed by atoms with Crippen molar-refractivity contribution < 1.29 is 14.3 Å². The summed E-state index contributed by atoms with van der Waals surface area (Å²) in [6.07, 6.45) is 0.226. The summed E-state index contributed by atoms with van der Waals surface area (Å²) in [5.41, 5.74) is 4.09. The zero-order valence-electron chi connectivity index (χ0n) is 10.7. The first-order valence-electron chi connectivity index (χ1n) is 5.22. The van der Waals surface area contributed by atoms with Crippen molar-refractivity contribution in [2.45, 2.75) is 39.7 Å². The number of carbonyl (C=O) groups excluding carboxylic acids is 2. The Kier molecular flexibility index (Phi) is 4.93. The first kappa shape index (κ1) is 14.9. The van der Waals surface area contributed by atoms with Gasteiger partial charge in [-0.1, -0.05) is 0 Å². The fourth-order valence-electron chi connectivity index (χ4n) is 1.31. The lowest BCUT2D eigenvalue weighted by molar-refractivity contribution is -0.150. The van der Waals surface area contributed by atoms with E-state index in [9.17, 15) is 9.59 Å². The van der Waals surface area contributed by atoms with Crippen molar-refractivity contribution in [2.75, 3.05) is 13.7 Å². The average molecular weight is 230 g/mol. The molecule has 0 aliphatic carbocycles. The molecule has 0 unspecified atom stereocenters. The van der Waals surface area contributed by atoms with Gasteiger partial charge in [-0.25, -0.2) is 0 Å². The maximum absolute atomic E-state index is 11.4. The smallest absolute Gasteiger partial charge is 0.312 e. The number of methoxy groups -OCH3 is 1. The standard InChI is InChI=1S/C11H22N2O3/c1-10(2,9(15)16-5)7-13-11(3,4)6-8(12)14/h13H,6-7H2,1-5H3,(H2,12,14). The van der Waals surface area contributed by atoms with Crippen LogP contribution in [0.3, 0.4) is 0 Å². The lowest BCUT2D eigenvalue weighted by Crippen LogP contribution is -2.48. The van der Waals surface area contributed by atoms with E-state index in [0.29, 0.717) is 6.54 Å². The van der Waals surface area contributed by atoms with Crippen molar-refractivity contribution in [3.63, 3.8) is 0 Å². The largest absolute Gasteiger partial charge is 0.469 e. The van der Waals surface area contributed by atoms with E-state index in [1.165, 1.54) is 7.11 Å². The SMILES string of the molecule is COC(=O)C(C)(C)CNC(C)(C)CC(N)=O. The number of hydrogen-bond donors (Lipinski definition) is 2. The van der Waals surface area contributed by atoms with Crippen molar-refractivity contribution in [1.29, 1.82) is 0 Å². The van der Waals surface area contributed by atoms with Crippen molar-refractivity contribution >= 4 is 11.9 Å². The summed E-state index contributed by atoms with van der Waals surface area (Å²) < 4.78 is 4.69. The average Bonchev–Trinajstić information content (AvgIpc) is 2.12. The highest BCUT2D eigenvalue weighted by molar-refractivity contribution is 5.76. The minimum Gasteiger partial charge on any atom is -0.469 e. The second-order valence-corrected chi connectivity index (χ2v) is 5.26. The molecule has 16 heavy (non-hydrogen) atoms. The van der Waals surface area contributed by atoms with Gasteiger partial charge >= 0.3 is 5.97 Å². The molecule has 0 spiro atoms. The number of primary amides is 1. The Bertz CT molecular complexity index is 272. The van der Waals surface area contributed by atoms with Gasteiger partial charge in [0.25, 0.3) is 0 Å². The number of ether oxygens (including phenoxy) is 1. The number of esters is 1. The molecule has 0 atom stereocenters. The highest BCUT2D eigenvalue weighted by Gasteiger charge is 2.31. The van der Waals surface area contributed by atoms with Gasteiger partial charge in [-0.15, -0.1) is 0 Å². The zero-order chi connectivity index (χ0) is 13.0. The maximum atomic E-state index is 11.4. The van der Waals surface area contributed by atoms with Gasteiger partial charge in [0.2, 0.25) is 5.91 Å². The van der Waals surface area contributed by atoms with Crippen LogP contribution in [-0.4, -0.2) is 31.1 Å². The van der Waals surface area contributed by atoms with Crippen molar-refractivity contribution in [3.8, 4) is 0 Å². The molecule has 0 aliphatic heterocycles. The molecule has 0 heterocycles. The summed E-state index contributed by atoms with van der Waals surface area (Å²) in [7, 11) is 1.36. The molecule has 1 amide bonds. The normalized spacial score (nSPS) is 12.3. The molecule has 5 heteroatoms. The first-order valence-corrected chi connectivity index (χ1v) is 5.22. The number of amides is 1. The Morgan fingerprint density at radius 3 is 2.12 bits per heavy atom. The minimum atomic E-state index is -0.621. The Morgan fingerprint density at radius 1 is 1.25 bits per heavy atom. The number of carbonyl (C=O) groups is 2. The third kappa shape index (κ3) is 5.11. The lowest BCUT2D eigenvalue weighted by atomic mass is 9.91. The molecule has 0 saturated heterocycles. The van der Waals surface area contributed by atoms with E-state index < -0.39 is 11.0 Å². The van der Waals surface area contributed by atoms with Crippen molar-refractivity contribution in [3.05, 3.63) is 0 Å². The second-order valence-electron chi connectivity index (χ2n) is 5.26. The fraction of sp³-hybridized carbons (Fsp3) is 0.818. The van der Waals surface area contributed by atoms with Crippen molar-refractivity contribution in [2.24, 2.45) is 11.1 Å². The minimum absolute atomic E-state index is 0.226. The molecule has 0 aromatic heterocycles. The van der Waals surface area contributed by atoms with E-state index in [4.69, 9.17) is 10.5 Å². The maximum Gasteiger partial charge on any atom is 0.312 e. The second kappa shape index (κ2) is 5.30. The monoisotopic (exact) mass is 230 g/mol. The van der Waals surface area contributed by atoms with Crippen molar-refractivity contribution in [1.82, 2.24) is 5.32 Å². The molecular formula is C11H22N2O3. The molecule has 0 saturated carbocycles. The molecule has 0 rings (SSSR count). The first-order chi connectivity index (χ1) is 7.10. The fourth-order valence-corrected chi connectivity index (χ4v) is 1.31. The summed E-state index contributed by atoms with van der Waals surface area (Å²) in [6, 6.07) is 0. The number of hydrogen-bond acceptors (Lipinski definition) is 4. The molecule has 5 nitrogen and oxygen atoms in total. The van der Waals surface area contributed by atoms with Crippen LogP contribution in [-0.2, 0) is 14.3 Å².